The van der Waals surface area contributed by atoms with Crippen molar-refractivity contribution in [2.45, 2.75) is 13.8 Å². The van der Waals surface area contributed by atoms with Crippen LogP contribution in [0.1, 0.15) is 21.5 Å². The lowest BCUT2D eigenvalue weighted by molar-refractivity contribution is 0.106. The minimum absolute atomic E-state index is 0.167. The van der Waals surface area contributed by atoms with Gasteiger partial charge in [0.2, 0.25) is 11.5 Å². The Kier molecular flexibility index (Phi) is 4.47. The third kappa shape index (κ3) is 3.77. The fourth-order valence-corrected chi connectivity index (χ4v) is 1.72. The Morgan fingerprint density at radius 3 is 2.05 bits per heavy atom. The maximum Gasteiger partial charge on any atom is 0.223 e. The average molecular weight is 277 g/mol. The van der Waals surface area contributed by atoms with Gasteiger partial charge in [0.25, 0.3) is 0 Å². The van der Waals surface area contributed by atoms with Crippen LogP contribution in [0.4, 0.5) is 5.69 Å². The topological polar surface area (TPSA) is 65.2 Å². The van der Waals surface area contributed by atoms with Crippen LogP contribution in [-0.4, -0.2) is 11.5 Å². The van der Waals surface area contributed by atoms with Gasteiger partial charge in [0.1, 0.15) is 6.07 Å². The lowest BCUT2D eigenvalue weighted by Gasteiger charge is -2.02. The minimum atomic E-state index is -0.392. The summed E-state index contributed by atoms with van der Waals surface area (Å²) in [6.45, 7) is 3.92. The van der Waals surface area contributed by atoms with Gasteiger partial charge < -0.3 is 0 Å². The van der Waals surface area contributed by atoms with Gasteiger partial charge in [-0.1, -0.05) is 47.5 Å². The first-order valence-corrected chi connectivity index (χ1v) is 6.52. The molecule has 2 aromatic rings. The summed E-state index contributed by atoms with van der Waals surface area (Å²) < 4.78 is 0. The molecule has 104 valence electrons. The highest BCUT2D eigenvalue weighted by Crippen LogP contribution is 2.09. The van der Waals surface area contributed by atoms with Crippen LogP contribution in [-0.2, 0) is 0 Å². The Morgan fingerprint density at radius 2 is 1.52 bits per heavy atom. The van der Waals surface area contributed by atoms with Crippen LogP contribution in [0.2, 0.25) is 0 Å². The van der Waals surface area contributed by atoms with Gasteiger partial charge in [0.15, 0.2) is 0 Å². The average Bonchev–Trinajstić information content (AvgIpc) is 2.50. The van der Waals surface area contributed by atoms with Gasteiger partial charge in [-0.05, 0) is 26.0 Å². The van der Waals surface area contributed by atoms with Crippen LogP contribution in [0, 0.1) is 25.2 Å². The number of hydrogen-bond acceptors (Lipinski definition) is 4. The van der Waals surface area contributed by atoms with E-state index in [1.807, 2.05) is 56.3 Å². The highest BCUT2D eigenvalue weighted by atomic mass is 16.1. The first-order chi connectivity index (χ1) is 10.1. The number of carbonyl (C=O) groups is 1. The van der Waals surface area contributed by atoms with E-state index < -0.39 is 5.78 Å². The summed E-state index contributed by atoms with van der Waals surface area (Å²) in [6.07, 6.45) is 0. The molecule has 0 aliphatic carbocycles. The Hall–Kier alpha value is -2.93. The van der Waals surface area contributed by atoms with Crippen molar-refractivity contribution in [1.82, 2.24) is 0 Å². The number of carbonyl (C=O) groups excluding carboxylic acids is 1. The molecule has 0 bridgehead atoms. The summed E-state index contributed by atoms with van der Waals surface area (Å²) in [5.41, 5.74) is 5.92. The molecule has 0 aromatic heterocycles. The van der Waals surface area contributed by atoms with Crippen LogP contribution < -0.4 is 5.43 Å². The van der Waals surface area contributed by atoms with E-state index in [-0.39, 0.29) is 5.71 Å². The molecule has 0 fully saturated rings. The Bertz CT molecular complexity index is 707. The second-order valence-corrected chi connectivity index (χ2v) is 4.75. The molecule has 0 saturated carbocycles. The molecule has 0 atom stereocenters. The molecule has 2 rings (SSSR count). The molecule has 0 radical (unpaired) electrons. The smallest absolute Gasteiger partial charge is 0.223 e. The van der Waals surface area contributed by atoms with Crippen molar-refractivity contribution in [3.8, 4) is 6.07 Å². The molecule has 0 saturated heterocycles. The monoisotopic (exact) mass is 277 g/mol. The third-order valence-corrected chi connectivity index (χ3v) is 2.98. The predicted octanol–water partition coefficient (Wildman–Crippen LogP) is 3.48. The molecule has 0 amide bonds. The zero-order chi connectivity index (χ0) is 15.2. The summed E-state index contributed by atoms with van der Waals surface area (Å²) in [6, 6.07) is 16.4. The van der Waals surface area contributed by atoms with Gasteiger partial charge in [-0.2, -0.15) is 10.4 Å². The maximum atomic E-state index is 12.2. The van der Waals surface area contributed by atoms with Crippen LogP contribution in [0.5, 0.6) is 0 Å². The van der Waals surface area contributed by atoms with Crippen molar-refractivity contribution < 1.29 is 4.79 Å². The van der Waals surface area contributed by atoms with Gasteiger partial charge in [-0.3, -0.25) is 10.2 Å². The van der Waals surface area contributed by atoms with Crippen molar-refractivity contribution >= 4 is 17.2 Å². The number of aryl methyl sites for hydroxylation is 2. The summed E-state index contributed by atoms with van der Waals surface area (Å²) in [5.74, 6) is -0.392. The molecular weight excluding hydrogens is 262 g/mol. The molecule has 4 heteroatoms. The molecular formula is C17H15N3O. The quantitative estimate of drug-likeness (QED) is 0.528. The lowest BCUT2D eigenvalue weighted by atomic mass is 10.1. The first-order valence-electron chi connectivity index (χ1n) is 6.52. The number of nitrogens with one attached hydrogen (secondary N) is 1. The van der Waals surface area contributed by atoms with Crippen molar-refractivity contribution in [3.63, 3.8) is 0 Å². The van der Waals surface area contributed by atoms with Crippen LogP contribution in [0.15, 0.2) is 53.6 Å². The van der Waals surface area contributed by atoms with E-state index in [9.17, 15) is 4.79 Å². The SMILES string of the molecule is Cc1ccc(NN=C(C#N)C(=O)c2ccc(C)cc2)cc1. The maximum absolute atomic E-state index is 12.2. The molecule has 21 heavy (non-hydrogen) atoms. The Labute approximate surface area is 123 Å². The molecule has 0 unspecified atom stereocenters. The fraction of sp³-hybridized carbons (Fsp3) is 0.118. The summed E-state index contributed by atoms with van der Waals surface area (Å²) in [7, 11) is 0. The summed E-state index contributed by atoms with van der Waals surface area (Å²) in [4.78, 5) is 12.2. The number of rotatable bonds is 4. The fourth-order valence-electron chi connectivity index (χ4n) is 1.72. The van der Waals surface area contributed by atoms with Crippen LogP contribution in [0.3, 0.4) is 0 Å². The molecule has 4 nitrogen and oxygen atoms in total. The van der Waals surface area contributed by atoms with E-state index in [1.54, 1.807) is 12.1 Å². The van der Waals surface area contributed by atoms with E-state index in [1.165, 1.54) is 0 Å². The number of anilines is 1. The molecule has 0 aliphatic rings. The minimum Gasteiger partial charge on any atom is -0.286 e. The van der Waals surface area contributed by atoms with Crippen molar-refractivity contribution in [3.05, 3.63) is 65.2 Å². The first kappa shape index (κ1) is 14.5. The van der Waals surface area contributed by atoms with Gasteiger partial charge in [-0.25, -0.2) is 0 Å². The molecule has 0 aliphatic heterocycles. The van der Waals surface area contributed by atoms with Crippen molar-refractivity contribution in [2.24, 2.45) is 5.10 Å². The zero-order valence-electron chi connectivity index (χ0n) is 11.9. The standard InChI is InChI=1S/C17H15N3O/c1-12-3-7-14(8-4-12)17(21)16(11-18)20-19-15-9-5-13(2)6-10-15/h3-10,19H,1-2H3. The number of Topliss-reactive ketones (excluding diaryl/α,β-unsaturated/α-hetero) is 1. The number of nitrogens with zero attached hydrogens (tertiary/aromatic N) is 2. The van der Waals surface area contributed by atoms with Gasteiger partial charge in [0.05, 0.1) is 5.69 Å². The van der Waals surface area contributed by atoms with E-state index in [0.29, 0.717) is 5.56 Å². The normalized spacial score (nSPS) is 10.8. The summed E-state index contributed by atoms with van der Waals surface area (Å²) in [5, 5.41) is 13.0. The van der Waals surface area contributed by atoms with Crippen molar-refractivity contribution in [2.75, 3.05) is 5.43 Å². The number of ketones is 1. The van der Waals surface area contributed by atoms with E-state index >= 15 is 0 Å². The Morgan fingerprint density at radius 1 is 1.00 bits per heavy atom. The molecule has 2 aromatic carbocycles. The second kappa shape index (κ2) is 6.49. The highest BCUT2D eigenvalue weighted by Gasteiger charge is 2.13. The molecule has 1 N–H and O–H groups in total. The highest BCUT2D eigenvalue weighted by molar-refractivity contribution is 6.51. The third-order valence-electron chi connectivity index (χ3n) is 2.98. The van der Waals surface area contributed by atoms with Gasteiger partial charge >= 0.3 is 0 Å². The van der Waals surface area contributed by atoms with Gasteiger partial charge in [0, 0.05) is 5.56 Å². The lowest BCUT2D eigenvalue weighted by Crippen LogP contribution is -2.14. The molecule has 0 heterocycles. The summed E-state index contributed by atoms with van der Waals surface area (Å²) >= 11 is 0. The van der Waals surface area contributed by atoms with Crippen LogP contribution >= 0.6 is 0 Å². The zero-order valence-corrected chi connectivity index (χ0v) is 11.9. The van der Waals surface area contributed by atoms with Gasteiger partial charge in [-0.15, -0.1) is 0 Å². The van der Waals surface area contributed by atoms with E-state index in [0.717, 1.165) is 16.8 Å². The predicted molar refractivity (Wildman–Crippen MR) is 83.4 cm³/mol. The van der Waals surface area contributed by atoms with Crippen molar-refractivity contribution in [1.29, 1.82) is 5.26 Å². The number of nitriles is 1. The number of hydrazone groups is 1. The van der Waals surface area contributed by atoms with E-state index in [4.69, 9.17) is 5.26 Å². The molecule has 0 spiro atoms. The van der Waals surface area contributed by atoms with E-state index in [2.05, 4.69) is 10.5 Å². The van der Waals surface area contributed by atoms with Crippen LogP contribution in [0.25, 0.3) is 0 Å². The Balaban J connectivity index is 2.17. The number of benzene rings is 2. The second-order valence-electron chi connectivity index (χ2n) is 4.75. The number of hydrogen-bond donors (Lipinski definition) is 1. The largest absolute Gasteiger partial charge is 0.286 e.